The number of fused-ring (bicyclic) bond motifs is 2. The van der Waals surface area contributed by atoms with Crippen molar-refractivity contribution in [1.82, 2.24) is 25.5 Å². The molecule has 7 heteroatoms. The van der Waals surface area contributed by atoms with Crippen LogP contribution in [-0.4, -0.2) is 43.5 Å². The molecule has 2 aliphatic heterocycles. The van der Waals surface area contributed by atoms with Crippen molar-refractivity contribution in [3.63, 3.8) is 0 Å². The molecule has 0 radical (unpaired) electrons. The molecular weight excluding hydrogens is 357 g/mol. The summed E-state index contributed by atoms with van der Waals surface area (Å²) in [5.41, 5.74) is 2.63. The van der Waals surface area contributed by atoms with E-state index in [1.807, 2.05) is 36.4 Å². The van der Waals surface area contributed by atoms with Crippen molar-refractivity contribution < 1.29 is 9.18 Å². The van der Waals surface area contributed by atoms with E-state index in [1.54, 1.807) is 0 Å². The molecule has 2 fully saturated rings. The van der Waals surface area contributed by atoms with Crippen LogP contribution in [0, 0.1) is 5.82 Å². The summed E-state index contributed by atoms with van der Waals surface area (Å²) in [5.74, 6) is 0.793. The molecule has 1 N–H and O–H groups in total. The first-order chi connectivity index (χ1) is 13.7. The zero-order chi connectivity index (χ0) is 19.1. The van der Waals surface area contributed by atoms with Gasteiger partial charge in [0.15, 0.2) is 5.82 Å². The van der Waals surface area contributed by atoms with Gasteiger partial charge in [-0.05, 0) is 71.9 Å². The number of hydrogen-bond donors (Lipinski definition) is 1. The van der Waals surface area contributed by atoms with Gasteiger partial charge in [0.25, 0.3) is 5.91 Å². The molecule has 3 heterocycles. The van der Waals surface area contributed by atoms with Crippen LogP contribution in [-0.2, 0) is 0 Å². The fourth-order valence-electron chi connectivity index (χ4n) is 4.75. The molecule has 0 aliphatic carbocycles. The highest BCUT2D eigenvalue weighted by molar-refractivity contribution is 5.96. The number of hydrogen-bond acceptors (Lipinski definition) is 4. The van der Waals surface area contributed by atoms with Crippen molar-refractivity contribution in [3.8, 4) is 11.4 Å². The summed E-state index contributed by atoms with van der Waals surface area (Å²) >= 11 is 0. The maximum Gasteiger partial charge on any atom is 0.254 e. The second-order valence-electron chi connectivity index (χ2n) is 7.65. The first-order valence-electron chi connectivity index (χ1n) is 9.61. The van der Waals surface area contributed by atoms with E-state index in [-0.39, 0.29) is 23.8 Å². The molecule has 5 rings (SSSR count). The van der Waals surface area contributed by atoms with E-state index in [9.17, 15) is 9.18 Å². The summed E-state index contributed by atoms with van der Waals surface area (Å²) in [5, 5.41) is 13.9. The first-order valence-corrected chi connectivity index (χ1v) is 9.61. The average molecular weight is 377 g/mol. The Kier molecular flexibility index (Phi) is 4.15. The van der Waals surface area contributed by atoms with Gasteiger partial charge in [0, 0.05) is 23.2 Å². The van der Waals surface area contributed by atoms with E-state index in [2.05, 4.69) is 25.5 Å². The van der Waals surface area contributed by atoms with E-state index < -0.39 is 0 Å². The predicted octanol–water partition coefficient (Wildman–Crippen LogP) is 3.56. The monoisotopic (exact) mass is 377 g/mol. The summed E-state index contributed by atoms with van der Waals surface area (Å²) < 4.78 is 13.2. The largest absolute Gasteiger partial charge is 0.333 e. The van der Waals surface area contributed by atoms with E-state index in [4.69, 9.17) is 0 Å². The van der Waals surface area contributed by atoms with Crippen molar-refractivity contribution in [2.24, 2.45) is 0 Å². The van der Waals surface area contributed by atoms with Crippen LogP contribution in [0.2, 0.25) is 0 Å². The van der Waals surface area contributed by atoms with Crippen LogP contribution in [0.4, 0.5) is 4.39 Å². The summed E-state index contributed by atoms with van der Waals surface area (Å²) in [6.07, 6.45) is 3.92. The average Bonchev–Trinajstić information content (AvgIpc) is 3.35. The number of aromatic nitrogens is 4. The third kappa shape index (κ3) is 2.96. The van der Waals surface area contributed by atoms with E-state index in [0.717, 1.165) is 31.2 Å². The van der Waals surface area contributed by atoms with Gasteiger partial charge in [0.05, 0.1) is 0 Å². The second-order valence-corrected chi connectivity index (χ2v) is 7.65. The lowest BCUT2D eigenvalue weighted by Gasteiger charge is -2.39. The van der Waals surface area contributed by atoms with Crippen molar-refractivity contribution in [1.29, 1.82) is 0 Å². The van der Waals surface area contributed by atoms with Gasteiger partial charge >= 0.3 is 0 Å². The Hall–Kier alpha value is -3.09. The van der Waals surface area contributed by atoms with Gasteiger partial charge in [0.1, 0.15) is 5.82 Å². The van der Waals surface area contributed by atoms with Gasteiger partial charge in [-0.1, -0.05) is 24.3 Å². The number of carbonyl (C=O) groups is 1. The Bertz CT molecular complexity index is 974. The number of carbonyl (C=O) groups excluding carboxylic acids is 1. The van der Waals surface area contributed by atoms with Crippen LogP contribution in [0.5, 0.6) is 0 Å². The van der Waals surface area contributed by atoms with Gasteiger partial charge in [-0.3, -0.25) is 4.79 Å². The molecule has 142 valence electrons. The number of benzene rings is 2. The number of rotatable bonds is 3. The first kappa shape index (κ1) is 17.0. The molecule has 1 amide bonds. The quantitative estimate of drug-likeness (QED) is 0.757. The number of amides is 1. The van der Waals surface area contributed by atoms with Gasteiger partial charge in [0.2, 0.25) is 0 Å². The van der Waals surface area contributed by atoms with Crippen molar-refractivity contribution in [3.05, 3.63) is 65.5 Å². The summed E-state index contributed by atoms with van der Waals surface area (Å²) in [6, 6.07) is 14.7. The fraction of sp³-hybridized carbons (Fsp3) is 0.333. The molecule has 6 nitrogen and oxygen atoms in total. The molecule has 28 heavy (non-hydrogen) atoms. The highest BCUT2D eigenvalue weighted by Gasteiger charge is 2.43. The number of piperidine rings is 1. The van der Waals surface area contributed by atoms with E-state index >= 15 is 0 Å². The van der Waals surface area contributed by atoms with Gasteiger partial charge in [-0.25, -0.2) is 9.49 Å². The van der Waals surface area contributed by atoms with Crippen molar-refractivity contribution in [2.75, 3.05) is 0 Å². The summed E-state index contributed by atoms with van der Waals surface area (Å²) in [4.78, 5) is 15.4. The third-order valence-corrected chi connectivity index (χ3v) is 6.04. The van der Waals surface area contributed by atoms with Crippen molar-refractivity contribution >= 4 is 5.91 Å². The Morgan fingerprint density at radius 3 is 2.50 bits per heavy atom. The maximum atomic E-state index is 13.3. The zero-order valence-corrected chi connectivity index (χ0v) is 15.3. The second kappa shape index (κ2) is 6.82. The normalized spacial score (nSPS) is 23.8. The van der Waals surface area contributed by atoms with Crippen LogP contribution in [0.1, 0.15) is 47.5 Å². The molecule has 3 aromatic rings. The number of tetrazole rings is 1. The van der Waals surface area contributed by atoms with Crippen LogP contribution in [0.15, 0.2) is 48.5 Å². The van der Waals surface area contributed by atoms with Crippen LogP contribution in [0.3, 0.4) is 0 Å². The lowest BCUT2D eigenvalue weighted by molar-refractivity contribution is 0.0571. The summed E-state index contributed by atoms with van der Waals surface area (Å²) in [7, 11) is 0. The molecule has 2 saturated heterocycles. The maximum absolute atomic E-state index is 13.3. The number of halogens is 1. The zero-order valence-electron chi connectivity index (χ0n) is 15.3. The fourth-order valence-corrected chi connectivity index (χ4v) is 4.75. The molecule has 2 aromatic carbocycles. The minimum absolute atomic E-state index is 0.0689. The SMILES string of the molecule is O=C(c1cccc(-c2nnn[nH]2)c1)N1[C@@H]2CC[C@H]1C[C@@H](c1ccc(F)cc1)C2. The molecule has 0 saturated carbocycles. The smallest absolute Gasteiger partial charge is 0.254 e. The Morgan fingerprint density at radius 1 is 1.07 bits per heavy atom. The highest BCUT2D eigenvalue weighted by atomic mass is 19.1. The molecular formula is C21H20FN5O. The number of aromatic amines is 1. The molecule has 2 bridgehead atoms. The standard InChI is InChI=1S/C21H20FN5O/c22-17-6-4-13(5-7-17)16-11-18-8-9-19(12-16)27(18)21(28)15-3-1-2-14(10-15)20-23-25-26-24-20/h1-7,10,16,18-19H,8-9,11-12H2,(H,23,24,25,26)/t16-,18+,19-. The number of nitrogens with one attached hydrogen (secondary N) is 1. The number of nitrogens with zero attached hydrogens (tertiary/aromatic N) is 4. The predicted molar refractivity (Wildman–Crippen MR) is 101 cm³/mol. The Labute approximate surface area is 161 Å². The lowest BCUT2D eigenvalue weighted by atomic mass is 9.84. The van der Waals surface area contributed by atoms with Crippen LogP contribution >= 0.6 is 0 Å². The summed E-state index contributed by atoms with van der Waals surface area (Å²) in [6.45, 7) is 0. The number of H-pyrrole nitrogens is 1. The van der Waals surface area contributed by atoms with E-state index in [0.29, 0.717) is 17.3 Å². The molecule has 1 aromatic heterocycles. The minimum atomic E-state index is -0.207. The van der Waals surface area contributed by atoms with Crippen LogP contribution in [0.25, 0.3) is 11.4 Å². The Morgan fingerprint density at radius 2 is 1.82 bits per heavy atom. The van der Waals surface area contributed by atoms with Gasteiger partial charge < -0.3 is 4.90 Å². The topological polar surface area (TPSA) is 74.8 Å². The van der Waals surface area contributed by atoms with Crippen molar-refractivity contribution in [2.45, 2.75) is 43.7 Å². The van der Waals surface area contributed by atoms with Crippen LogP contribution < -0.4 is 0 Å². The minimum Gasteiger partial charge on any atom is -0.333 e. The lowest BCUT2D eigenvalue weighted by Crippen LogP contribution is -2.46. The highest BCUT2D eigenvalue weighted by Crippen LogP contribution is 2.43. The molecule has 0 unspecified atom stereocenters. The van der Waals surface area contributed by atoms with Gasteiger partial charge in [-0.2, -0.15) is 0 Å². The molecule has 2 aliphatic rings. The molecule has 3 atom stereocenters. The Balaban J connectivity index is 1.37. The van der Waals surface area contributed by atoms with E-state index in [1.165, 1.54) is 17.7 Å². The van der Waals surface area contributed by atoms with Gasteiger partial charge in [-0.15, -0.1) is 5.10 Å². The third-order valence-electron chi connectivity index (χ3n) is 6.04. The molecule has 0 spiro atoms.